The van der Waals surface area contributed by atoms with Crippen LogP contribution in [0.3, 0.4) is 0 Å². The van der Waals surface area contributed by atoms with E-state index in [9.17, 15) is 35.4 Å². The summed E-state index contributed by atoms with van der Waals surface area (Å²) in [5.74, 6) is -0.734. The number of allylic oxidation sites excluding steroid dienone is 7. The maximum absolute atomic E-state index is 12.9. The molecular formula is C42H75NO9. The van der Waals surface area contributed by atoms with Crippen molar-refractivity contribution < 1.29 is 44.9 Å². The van der Waals surface area contributed by atoms with E-state index < -0.39 is 61.5 Å². The number of aliphatic hydroxyl groups excluding tert-OH is 6. The number of carbonyl (C=O) groups excluding carboxylic acids is 1. The first kappa shape index (κ1) is 48.1. The highest BCUT2D eigenvalue weighted by Gasteiger charge is 2.44. The summed E-state index contributed by atoms with van der Waals surface area (Å²) in [6.07, 6.45) is 29.4. The fourth-order valence-corrected chi connectivity index (χ4v) is 6.23. The molecular weight excluding hydrogens is 662 g/mol. The quantitative estimate of drug-likeness (QED) is 0.0303. The van der Waals surface area contributed by atoms with Crippen molar-refractivity contribution in [1.29, 1.82) is 0 Å². The molecule has 302 valence electrons. The predicted octanol–water partition coefficient (Wildman–Crippen LogP) is 6.47. The van der Waals surface area contributed by atoms with Crippen molar-refractivity contribution in [2.45, 2.75) is 198 Å². The van der Waals surface area contributed by atoms with Gasteiger partial charge < -0.3 is 45.4 Å². The van der Waals surface area contributed by atoms with Crippen LogP contribution in [0.5, 0.6) is 0 Å². The van der Waals surface area contributed by atoms with Gasteiger partial charge in [0, 0.05) is 0 Å². The SMILES string of the molecule is CCC/C=C/C=C/C=C/C=C/[C@@H](O)C(=O)N[C@@H](COC1O[C@H](CO)[C@@H](O)[C@H](O)[C@H]1O)[C@H](O)CCCCCCCCCCCCCCCCCCCC. The average Bonchev–Trinajstić information content (AvgIpc) is 3.14. The van der Waals surface area contributed by atoms with Gasteiger partial charge >= 0.3 is 0 Å². The van der Waals surface area contributed by atoms with E-state index in [1.54, 1.807) is 18.2 Å². The lowest BCUT2D eigenvalue weighted by atomic mass is 9.99. The predicted molar refractivity (Wildman–Crippen MR) is 209 cm³/mol. The van der Waals surface area contributed by atoms with Crippen molar-refractivity contribution in [3.05, 3.63) is 48.6 Å². The fraction of sp³-hybridized carbons (Fsp3) is 0.786. The number of amides is 1. The highest BCUT2D eigenvalue weighted by atomic mass is 16.7. The molecule has 1 amide bonds. The molecule has 1 fully saturated rings. The Morgan fingerprint density at radius 2 is 1.17 bits per heavy atom. The van der Waals surface area contributed by atoms with Gasteiger partial charge in [-0.2, -0.15) is 0 Å². The van der Waals surface area contributed by atoms with Gasteiger partial charge in [-0.25, -0.2) is 0 Å². The topological polar surface area (TPSA) is 169 Å². The molecule has 10 heteroatoms. The van der Waals surface area contributed by atoms with Crippen molar-refractivity contribution in [1.82, 2.24) is 5.32 Å². The zero-order chi connectivity index (χ0) is 38.2. The number of hydrogen-bond donors (Lipinski definition) is 7. The van der Waals surface area contributed by atoms with Gasteiger partial charge in [0.1, 0.15) is 24.4 Å². The molecule has 1 aliphatic rings. The van der Waals surface area contributed by atoms with Crippen LogP contribution >= 0.6 is 0 Å². The van der Waals surface area contributed by atoms with Crippen molar-refractivity contribution in [2.24, 2.45) is 0 Å². The minimum Gasteiger partial charge on any atom is -0.394 e. The molecule has 8 atom stereocenters. The van der Waals surface area contributed by atoms with Gasteiger partial charge in [-0.15, -0.1) is 0 Å². The standard InChI is InChI=1S/C42H75NO9/c1-3-5-7-9-11-13-14-15-16-17-18-19-20-21-23-24-26-28-30-35(45)34(33-51-42-40(49)39(48)38(47)37(32-44)52-42)43-41(50)36(46)31-29-27-25-22-12-10-8-6-4-2/h8,10,12,22,25,27,29,31,34-40,42,44-49H,3-7,9,11,13-21,23-24,26,28,30,32-33H2,1-2H3,(H,43,50)/b10-8+,22-12+,27-25+,31-29+/t34-,35+,36+,37+,38+,39-,40+,42?/m0/s1. The van der Waals surface area contributed by atoms with E-state index in [-0.39, 0.29) is 6.61 Å². The summed E-state index contributed by atoms with van der Waals surface area (Å²) >= 11 is 0. The third-order valence-electron chi connectivity index (χ3n) is 9.64. The average molecular weight is 738 g/mol. The number of carbonyl (C=O) groups is 1. The molecule has 52 heavy (non-hydrogen) atoms. The Hall–Kier alpha value is -1.89. The van der Waals surface area contributed by atoms with Crippen LogP contribution in [0.25, 0.3) is 0 Å². The molecule has 1 heterocycles. The molecule has 0 aromatic heterocycles. The van der Waals surface area contributed by atoms with Gasteiger partial charge in [0.15, 0.2) is 12.4 Å². The number of hydrogen-bond acceptors (Lipinski definition) is 9. The van der Waals surface area contributed by atoms with Crippen molar-refractivity contribution in [3.8, 4) is 0 Å². The lowest BCUT2D eigenvalue weighted by molar-refractivity contribution is -0.302. The van der Waals surface area contributed by atoms with E-state index in [4.69, 9.17) is 9.47 Å². The second kappa shape index (κ2) is 32.5. The van der Waals surface area contributed by atoms with Gasteiger partial charge in [-0.05, 0) is 18.9 Å². The van der Waals surface area contributed by atoms with Crippen LogP contribution in [0.15, 0.2) is 48.6 Å². The third kappa shape index (κ3) is 23.0. The smallest absolute Gasteiger partial charge is 0.253 e. The number of ether oxygens (including phenoxy) is 2. The molecule has 0 bridgehead atoms. The van der Waals surface area contributed by atoms with Gasteiger partial charge in [0.2, 0.25) is 0 Å². The van der Waals surface area contributed by atoms with Crippen molar-refractivity contribution >= 4 is 5.91 Å². The second-order valence-corrected chi connectivity index (χ2v) is 14.3. The largest absolute Gasteiger partial charge is 0.394 e. The molecule has 0 aromatic carbocycles. The first-order valence-corrected chi connectivity index (χ1v) is 20.5. The zero-order valence-electron chi connectivity index (χ0n) is 32.4. The molecule has 7 N–H and O–H groups in total. The van der Waals surface area contributed by atoms with Gasteiger partial charge in [0.25, 0.3) is 5.91 Å². The Labute approximate surface area is 315 Å². The Kier molecular flexibility index (Phi) is 30.1. The molecule has 1 unspecified atom stereocenters. The molecule has 0 aromatic rings. The summed E-state index contributed by atoms with van der Waals surface area (Å²) in [6.45, 7) is 3.46. The number of nitrogens with one attached hydrogen (secondary N) is 1. The first-order chi connectivity index (χ1) is 25.3. The van der Waals surface area contributed by atoms with Crippen LogP contribution in [-0.2, 0) is 14.3 Å². The molecule has 0 aliphatic carbocycles. The zero-order valence-corrected chi connectivity index (χ0v) is 32.4. The molecule has 0 saturated carbocycles. The van der Waals surface area contributed by atoms with Crippen molar-refractivity contribution in [3.63, 3.8) is 0 Å². The summed E-state index contributed by atoms with van der Waals surface area (Å²) < 4.78 is 11.1. The Morgan fingerprint density at radius 3 is 1.69 bits per heavy atom. The van der Waals surface area contributed by atoms with E-state index >= 15 is 0 Å². The minimum atomic E-state index is -1.61. The first-order valence-electron chi connectivity index (χ1n) is 20.5. The molecule has 1 aliphatic heterocycles. The number of rotatable bonds is 32. The van der Waals surface area contributed by atoms with Gasteiger partial charge in [0.05, 0.1) is 25.4 Å². The normalized spacial score (nSPS) is 23.0. The van der Waals surface area contributed by atoms with Crippen LogP contribution in [0, 0.1) is 0 Å². The molecule has 1 saturated heterocycles. The summed E-state index contributed by atoms with van der Waals surface area (Å²) in [5, 5.41) is 64.2. The van der Waals surface area contributed by atoms with Crippen LogP contribution in [-0.4, -0.2) is 98.7 Å². The van der Waals surface area contributed by atoms with Gasteiger partial charge in [-0.3, -0.25) is 4.79 Å². The maximum Gasteiger partial charge on any atom is 0.253 e. The van der Waals surface area contributed by atoms with E-state index in [2.05, 4.69) is 25.2 Å². The Bertz CT molecular complexity index is 969. The van der Waals surface area contributed by atoms with Crippen molar-refractivity contribution in [2.75, 3.05) is 13.2 Å². The molecule has 10 nitrogen and oxygen atoms in total. The second-order valence-electron chi connectivity index (χ2n) is 14.3. The van der Waals surface area contributed by atoms with E-state index in [0.717, 1.165) is 38.5 Å². The highest BCUT2D eigenvalue weighted by molar-refractivity contribution is 5.82. The fourth-order valence-electron chi connectivity index (χ4n) is 6.23. The van der Waals surface area contributed by atoms with Crippen LogP contribution in [0.1, 0.15) is 149 Å². The molecule has 1 rings (SSSR count). The third-order valence-corrected chi connectivity index (χ3v) is 9.64. The van der Waals surface area contributed by atoms with Crippen LogP contribution in [0.2, 0.25) is 0 Å². The summed E-state index contributed by atoms with van der Waals surface area (Å²) in [7, 11) is 0. The lowest BCUT2D eigenvalue weighted by Crippen LogP contribution is -2.60. The highest BCUT2D eigenvalue weighted by Crippen LogP contribution is 2.23. The van der Waals surface area contributed by atoms with Gasteiger partial charge in [-0.1, -0.05) is 178 Å². The lowest BCUT2D eigenvalue weighted by Gasteiger charge is -2.40. The maximum atomic E-state index is 12.9. The van der Waals surface area contributed by atoms with E-state index in [1.807, 2.05) is 18.2 Å². The summed E-state index contributed by atoms with van der Waals surface area (Å²) in [6, 6.07) is -0.956. The number of unbranched alkanes of at least 4 members (excludes halogenated alkanes) is 18. The monoisotopic (exact) mass is 738 g/mol. The summed E-state index contributed by atoms with van der Waals surface area (Å²) in [5.41, 5.74) is 0. The summed E-state index contributed by atoms with van der Waals surface area (Å²) in [4.78, 5) is 12.9. The minimum absolute atomic E-state index is 0.304. The van der Waals surface area contributed by atoms with Crippen LogP contribution in [0.4, 0.5) is 0 Å². The Morgan fingerprint density at radius 1 is 0.673 bits per heavy atom. The molecule has 0 radical (unpaired) electrons. The number of aliphatic hydroxyl groups is 6. The van der Waals surface area contributed by atoms with E-state index in [0.29, 0.717) is 6.42 Å². The Balaban J connectivity index is 2.47. The van der Waals surface area contributed by atoms with Crippen LogP contribution < -0.4 is 5.32 Å². The van der Waals surface area contributed by atoms with E-state index in [1.165, 1.54) is 96.0 Å². The molecule has 0 spiro atoms.